The van der Waals surface area contributed by atoms with Gasteiger partial charge in [0, 0.05) is 17.8 Å². The van der Waals surface area contributed by atoms with Gasteiger partial charge in [0.05, 0.1) is 6.61 Å². The summed E-state index contributed by atoms with van der Waals surface area (Å²) in [5.74, 6) is -0.799. The molecule has 0 bridgehead atoms. The molecule has 0 saturated carbocycles. The first-order valence-corrected chi connectivity index (χ1v) is 5.59. The van der Waals surface area contributed by atoms with Gasteiger partial charge in [0.1, 0.15) is 0 Å². The van der Waals surface area contributed by atoms with Crippen LogP contribution >= 0.6 is 0 Å². The van der Waals surface area contributed by atoms with Gasteiger partial charge in [0.2, 0.25) is 0 Å². The van der Waals surface area contributed by atoms with E-state index in [0.29, 0.717) is 5.39 Å². The summed E-state index contributed by atoms with van der Waals surface area (Å²) in [4.78, 5) is 25.8. The second-order valence-electron chi connectivity index (χ2n) is 3.69. The molecular weight excluding hydrogens is 234 g/mol. The van der Waals surface area contributed by atoms with Crippen molar-refractivity contribution in [2.45, 2.75) is 13.8 Å². The van der Waals surface area contributed by atoms with Gasteiger partial charge in [0.25, 0.3) is 0 Å². The summed E-state index contributed by atoms with van der Waals surface area (Å²) in [6.45, 7) is 3.26. The number of rotatable bonds is 3. The number of benzene rings is 1. The molecule has 1 aromatic carbocycles. The first kappa shape index (κ1) is 12.2. The van der Waals surface area contributed by atoms with Crippen LogP contribution in [0, 0.1) is 0 Å². The highest BCUT2D eigenvalue weighted by Crippen LogP contribution is 2.30. The van der Waals surface area contributed by atoms with Crippen molar-refractivity contribution < 1.29 is 19.1 Å². The molecule has 1 aromatic heterocycles. The molecule has 0 aliphatic carbocycles. The van der Waals surface area contributed by atoms with Crippen LogP contribution in [0.3, 0.4) is 0 Å². The first-order chi connectivity index (χ1) is 8.63. The van der Waals surface area contributed by atoms with E-state index in [4.69, 9.17) is 9.47 Å². The van der Waals surface area contributed by atoms with E-state index >= 15 is 0 Å². The Kier molecular flexibility index (Phi) is 3.32. The molecule has 0 aliphatic rings. The summed E-state index contributed by atoms with van der Waals surface area (Å²) < 4.78 is 10.0. The molecule has 18 heavy (non-hydrogen) atoms. The Balaban J connectivity index is 2.56. The molecule has 1 heterocycles. The number of aromatic nitrogens is 1. The van der Waals surface area contributed by atoms with Gasteiger partial charge in [-0.25, -0.2) is 4.79 Å². The van der Waals surface area contributed by atoms with Crippen LogP contribution in [0.15, 0.2) is 24.3 Å². The maximum Gasteiger partial charge on any atom is 0.358 e. The van der Waals surface area contributed by atoms with Crippen molar-refractivity contribution in [3.05, 3.63) is 30.0 Å². The van der Waals surface area contributed by atoms with Crippen molar-refractivity contribution in [2.75, 3.05) is 6.61 Å². The van der Waals surface area contributed by atoms with Gasteiger partial charge in [-0.3, -0.25) is 4.79 Å². The lowest BCUT2D eigenvalue weighted by Gasteiger charge is -2.03. The quantitative estimate of drug-likeness (QED) is 0.845. The number of ether oxygens (including phenoxy) is 2. The van der Waals surface area contributed by atoms with E-state index in [0.717, 1.165) is 5.52 Å². The van der Waals surface area contributed by atoms with E-state index in [9.17, 15) is 9.59 Å². The Labute approximate surface area is 104 Å². The lowest BCUT2D eigenvalue weighted by Crippen LogP contribution is -2.09. The van der Waals surface area contributed by atoms with Crippen LogP contribution in [0.2, 0.25) is 0 Å². The SMILES string of the molecule is CCOC(=O)c1[nH]c2ccccc2c1OC(C)=O. The summed E-state index contributed by atoms with van der Waals surface area (Å²) in [6, 6.07) is 7.20. The fourth-order valence-electron chi connectivity index (χ4n) is 1.71. The zero-order chi connectivity index (χ0) is 13.1. The molecule has 1 N–H and O–H groups in total. The van der Waals surface area contributed by atoms with Gasteiger partial charge in [-0.15, -0.1) is 0 Å². The van der Waals surface area contributed by atoms with Crippen LogP contribution in [0.1, 0.15) is 24.3 Å². The van der Waals surface area contributed by atoms with E-state index in [1.54, 1.807) is 25.1 Å². The monoisotopic (exact) mass is 247 g/mol. The van der Waals surface area contributed by atoms with Crippen molar-refractivity contribution in [3.63, 3.8) is 0 Å². The summed E-state index contributed by atoms with van der Waals surface area (Å²) in [5.41, 5.74) is 0.880. The van der Waals surface area contributed by atoms with Crippen LogP contribution in [-0.4, -0.2) is 23.5 Å². The number of para-hydroxylation sites is 1. The van der Waals surface area contributed by atoms with E-state index in [1.165, 1.54) is 6.92 Å². The second-order valence-corrected chi connectivity index (χ2v) is 3.69. The fourth-order valence-corrected chi connectivity index (χ4v) is 1.71. The molecular formula is C13H13NO4. The lowest BCUT2D eigenvalue weighted by atomic mass is 10.2. The molecule has 2 rings (SSSR count). The molecule has 0 amide bonds. The third-order valence-electron chi connectivity index (χ3n) is 2.38. The number of aromatic amines is 1. The number of esters is 2. The van der Waals surface area contributed by atoms with Gasteiger partial charge in [-0.1, -0.05) is 12.1 Å². The minimum absolute atomic E-state index is 0.160. The molecule has 0 atom stereocenters. The molecule has 0 aliphatic heterocycles. The van der Waals surface area contributed by atoms with Crippen LogP contribution < -0.4 is 4.74 Å². The predicted molar refractivity (Wildman–Crippen MR) is 65.6 cm³/mol. The number of carbonyl (C=O) groups excluding carboxylic acids is 2. The molecule has 0 fully saturated rings. The van der Waals surface area contributed by atoms with Crippen LogP contribution in [0.25, 0.3) is 10.9 Å². The number of H-pyrrole nitrogens is 1. The third-order valence-corrected chi connectivity index (χ3v) is 2.38. The van der Waals surface area contributed by atoms with Crippen molar-refractivity contribution >= 4 is 22.8 Å². The van der Waals surface area contributed by atoms with Crippen molar-refractivity contribution in [1.29, 1.82) is 0 Å². The topological polar surface area (TPSA) is 68.4 Å². The minimum atomic E-state index is -0.537. The zero-order valence-electron chi connectivity index (χ0n) is 10.1. The number of carbonyl (C=O) groups is 2. The van der Waals surface area contributed by atoms with Crippen LogP contribution in [-0.2, 0) is 9.53 Å². The summed E-state index contributed by atoms with van der Waals surface area (Å²) >= 11 is 0. The van der Waals surface area contributed by atoms with E-state index in [-0.39, 0.29) is 18.1 Å². The lowest BCUT2D eigenvalue weighted by molar-refractivity contribution is -0.131. The van der Waals surface area contributed by atoms with Crippen LogP contribution in [0.4, 0.5) is 0 Å². The predicted octanol–water partition coefficient (Wildman–Crippen LogP) is 2.27. The molecule has 94 valence electrons. The standard InChI is InChI=1S/C13H13NO4/c1-3-17-13(16)11-12(18-8(2)15)9-6-4-5-7-10(9)14-11/h4-7,14H,3H2,1-2H3. The number of hydrogen-bond acceptors (Lipinski definition) is 4. The first-order valence-electron chi connectivity index (χ1n) is 5.59. The van der Waals surface area contributed by atoms with E-state index in [2.05, 4.69) is 4.98 Å². The molecule has 5 heteroatoms. The van der Waals surface area contributed by atoms with Gasteiger partial charge in [-0.2, -0.15) is 0 Å². The average molecular weight is 247 g/mol. The van der Waals surface area contributed by atoms with E-state index < -0.39 is 11.9 Å². The Morgan fingerprint density at radius 3 is 2.67 bits per heavy atom. The van der Waals surface area contributed by atoms with Crippen molar-refractivity contribution in [3.8, 4) is 5.75 Å². The molecule has 0 saturated heterocycles. The highest BCUT2D eigenvalue weighted by Gasteiger charge is 2.21. The Morgan fingerprint density at radius 2 is 2.00 bits per heavy atom. The summed E-state index contributed by atoms with van der Waals surface area (Å²) in [6.07, 6.45) is 0. The van der Waals surface area contributed by atoms with E-state index in [1.807, 2.05) is 6.07 Å². The highest BCUT2D eigenvalue weighted by molar-refractivity contribution is 6.02. The van der Waals surface area contributed by atoms with Gasteiger partial charge >= 0.3 is 11.9 Å². The Bertz CT molecular complexity index is 600. The summed E-state index contributed by atoms with van der Waals surface area (Å²) in [7, 11) is 0. The fraction of sp³-hybridized carbons (Fsp3) is 0.231. The van der Waals surface area contributed by atoms with Gasteiger partial charge < -0.3 is 14.5 Å². The second kappa shape index (κ2) is 4.91. The average Bonchev–Trinajstić information content (AvgIpc) is 2.68. The molecule has 2 aromatic rings. The molecule has 5 nitrogen and oxygen atoms in total. The van der Waals surface area contributed by atoms with Crippen molar-refractivity contribution in [2.24, 2.45) is 0 Å². The van der Waals surface area contributed by atoms with Gasteiger partial charge in [-0.05, 0) is 19.1 Å². The number of fused-ring (bicyclic) bond motifs is 1. The minimum Gasteiger partial charge on any atom is -0.461 e. The van der Waals surface area contributed by atoms with Gasteiger partial charge in [0.15, 0.2) is 11.4 Å². The maximum atomic E-state index is 11.8. The third kappa shape index (κ3) is 2.20. The molecule has 0 unspecified atom stereocenters. The summed E-state index contributed by atoms with van der Waals surface area (Å²) in [5, 5.41) is 0.677. The smallest absolute Gasteiger partial charge is 0.358 e. The van der Waals surface area contributed by atoms with Crippen LogP contribution in [0.5, 0.6) is 5.75 Å². The molecule has 0 spiro atoms. The Hall–Kier alpha value is -2.30. The van der Waals surface area contributed by atoms with Crippen molar-refractivity contribution in [1.82, 2.24) is 4.98 Å². The normalized spacial score (nSPS) is 10.3. The maximum absolute atomic E-state index is 11.8. The number of hydrogen-bond donors (Lipinski definition) is 1. The Morgan fingerprint density at radius 1 is 1.28 bits per heavy atom. The number of nitrogens with one attached hydrogen (secondary N) is 1. The zero-order valence-corrected chi connectivity index (χ0v) is 10.1. The molecule has 0 radical (unpaired) electrons. The largest absolute Gasteiger partial charge is 0.461 e. The highest BCUT2D eigenvalue weighted by atomic mass is 16.5.